The minimum atomic E-state index is -0.381. The minimum Gasteiger partial charge on any atom is -0.492 e. The highest BCUT2D eigenvalue weighted by atomic mass is 16.5. The van der Waals surface area contributed by atoms with Crippen molar-refractivity contribution in [2.75, 3.05) is 39.3 Å². The van der Waals surface area contributed by atoms with Gasteiger partial charge in [0.05, 0.1) is 6.10 Å². The molecule has 154 valence electrons. The number of carbonyl (C=O) groups is 1. The minimum absolute atomic E-state index is 0.0404. The standard InChI is InChI=1S/C23H29N3O3/c27-21-10-14-25(15-16-29-19-7-2-1-3-8-19)17-23(21)11-6-13-26(18-23)22(28)20-9-4-5-12-24-20/h1-5,7-9,12,21,27H,6,10-11,13-18H2/t21-,23-/m1/s1. The molecule has 1 amide bonds. The van der Waals surface area contributed by atoms with E-state index in [-0.39, 0.29) is 17.4 Å². The molecule has 6 nitrogen and oxygen atoms in total. The Balaban J connectivity index is 1.38. The topological polar surface area (TPSA) is 65.9 Å². The Morgan fingerprint density at radius 3 is 2.76 bits per heavy atom. The number of para-hydroxylation sites is 1. The molecular formula is C23H29N3O3. The number of aromatic nitrogens is 1. The third-order valence-corrected chi connectivity index (χ3v) is 6.16. The van der Waals surface area contributed by atoms with Gasteiger partial charge in [-0.1, -0.05) is 24.3 Å². The number of aliphatic hydroxyl groups is 1. The van der Waals surface area contributed by atoms with Crippen molar-refractivity contribution in [1.29, 1.82) is 0 Å². The van der Waals surface area contributed by atoms with Gasteiger partial charge >= 0.3 is 0 Å². The molecule has 2 fully saturated rings. The van der Waals surface area contributed by atoms with Crippen LogP contribution in [0.4, 0.5) is 0 Å². The Labute approximate surface area is 172 Å². The molecule has 2 aliphatic heterocycles. The number of benzene rings is 1. The second kappa shape index (κ2) is 8.93. The van der Waals surface area contributed by atoms with Crippen molar-refractivity contribution < 1.29 is 14.6 Å². The monoisotopic (exact) mass is 395 g/mol. The number of nitrogens with zero attached hydrogens (tertiary/aromatic N) is 3. The summed E-state index contributed by atoms with van der Waals surface area (Å²) in [6.07, 6.45) is 3.85. The molecule has 3 heterocycles. The van der Waals surface area contributed by atoms with Gasteiger partial charge in [-0.2, -0.15) is 0 Å². The summed E-state index contributed by atoms with van der Waals surface area (Å²) in [5.74, 6) is 0.838. The van der Waals surface area contributed by atoms with Crippen LogP contribution in [0.25, 0.3) is 0 Å². The number of hydrogen-bond acceptors (Lipinski definition) is 5. The lowest BCUT2D eigenvalue weighted by Gasteiger charge is -2.51. The lowest BCUT2D eigenvalue weighted by molar-refractivity contribution is -0.0801. The molecule has 1 aromatic carbocycles. The molecule has 0 unspecified atom stereocenters. The van der Waals surface area contributed by atoms with Gasteiger partial charge in [-0.3, -0.25) is 14.7 Å². The molecule has 0 saturated carbocycles. The zero-order valence-corrected chi connectivity index (χ0v) is 16.7. The maximum atomic E-state index is 12.9. The van der Waals surface area contributed by atoms with Crippen LogP contribution in [-0.4, -0.2) is 71.2 Å². The number of likely N-dealkylation sites (tertiary alicyclic amines) is 2. The number of amides is 1. The Bertz CT molecular complexity index is 802. The Morgan fingerprint density at radius 1 is 1.14 bits per heavy atom. The zero-order valence-electron chi connectivity index (χ0n) is 16.7. The fraction of sp³-hybridized carbons (Fsp3) is 0.478. The number of pyridine rings is 1. The van der Waals surface area contributed by atoms with E-state index in [2.05, 4.69) is 9.88 Å². The molecular weight excluding hydrogens is 366 g/mol. The van der Waals surface area contributed by atoms with Crippen LogP contribution >= 0.6 is 0 Å². The number of aliphatic hydroxyl groups excluding tert-OH is 1. The van der Waals surface area contributed by atoms with Crippen molar-refractivity contribution >= 4 is 5.91 Å². The number of rotatable bonds is 5. The van der Waals surface area contributed by atoms with Crippen molar-refractivity contribution in [1.82, 2.24) is 14.8 Å². The van der Waals surface area contributed by atoms with E-state index >= 15 is 0 Å². The first kappa shape index (κ1) is 19.9. The SMILES string of the molecule is O=C(c1ccccn1)N1CCC[C@@]2(CN(CCOc3ccccc3)CC[C@H]2O)C1. The summed E-state index contributed by atoms with van der Waals surface area (Å²) >= 11 is 0. The highest BCUT2D eigenvalue weighted by Crippen LogP contribution is 2.39. The maximum Gasteiger partial charge on any atom is 0.272 e. The first-order valence-electron chi connectivity index (χ1n) is 10.4. The van der Waals surface area contributed by atoms with E-state index < -0.39 is 0 Å². The van der Waals surface area contributed by atoms with Gasteiger partial charge < -0.3 is 14.7 Å². The average molecular weight is 396 g/mol. The van der Waals surface area contributed by atoms with Crippen molar-refractivity contribution in [3.8, 4) is 5.75 Å². The van der Waals surface area contributed by atoms with Gasteiger partial charge in [-0.05, 0) is 43.5 Å². The van der Waals surface area contributed by atoms with Crippen molar-refractivity contribution in [3.63, 3.8) is 0 Å². The Hall–Kier alpha value is -2.44. The van der Waals surface area contributed by atoms with E-state index in [4.69, 9.17) is 4.74 Å². The van der Waals surface area contributed by atoms with E-state index in [9.17, 15) is 9.90 Å². The quantitative estimate of drug-likeness (QED) is 0.842. The van der Waals surface area contributed by atoms with Crippen LogP contribution in [0.3, 0.4) is 0 Å². The largest absolute Gasteiger partial charge is 0.492 e. The first-order valence-corrected chi connectivity index (χ1v) is 10.4. The van der Waals surface area contributed by atoms with Crippen LogP contribution < -0.4 is 4.74 Å². The van der Waals surface area contributed by atoms with Crippen molar-refractivity contribution in [3.05, 3.63) is 60.4 Å². The molecule has 2 aliphatic rings. The molecule has 4 rings (SSSR count). The van der Waals surface area contributed by atoms with Gasteiger partial charge in [0.2, 0.25) is 0 Å². The van der Waals surface area contributed by atoms with Crippen molar-refractivity contribution in [2.45, 2.75) is 25.4 Å². The third-order valence-electron chi connectivity index (χ3n) is 6.16. The van der Waals surface area contributed by atoms with E-state index in [0.717, 1.165) is 51.2 Å². The number of hydrogen-bond donors (Lipinski definition) is 1. The van der Waals surface area contributed by atoms with Gasteiger partial charge in [0, 0.05) is 44.3 Å². The lowest BCUT2D eigenvalue weighted by Crippen LogP contribution is -2.60. The average Bonchev–Trinajstić information content (AvgIpc) is 2.77. The zero-order chi connectivity index (χ0) is 20.1. The van der Waals surface area contributed by atoms with E-state index in [1.54, 1.807) is 12.3 Å². The molecule has 1 N–H and O–H groups in total. The molecule has 0 aliphatic carbocycles. The third kappa shape index (κ3) is 4.60. The number of carbonyl (C=O) groups excluding carboxylic acids is 1. The van der Waals surface area contributed by atoms with Crippen LogP contribution in [0.1, 0.15) is 29.8 Å². The fourth-order valence-electron chi connectivity index (χ4n) is 4.63. The highest BCUT2D eigenvalue weighted by molar-refractivity contribution is 5.92. The van der Waals surface area contributed by atoms with Gasteiger partial charge in [0.15, 0.2) is 0 Å². The smallest absolute Gasteiger partial charge is 0.272 e. The molecule has 1 spiro atoms. The van der Waals surface area contributed by atoms with Gasteiger partial charge in [-0.15, -0.1) is 0 Å². The summed E-state index contributed by atoms with van der Waals surface area (Å²) in [7, 11) is 0. The number of piperidine rings is 2. The maximum absolute atomic E-state index is 12.9. The summed E-state index contributed by atoms with van der Waals surface area (Å²) in [5, 5.41) is 10.9. The molecule has 2 atom stereocenters. The van der Waals surface area contributed by atoms with Gasteiger partial charge in [-0.25, -0.2) is 0 Å². The van der Waals surface area contributed by atoms with E-state index in [1.807, 2.05) is 47.4 Å². The molecule has 0 radical (unpaired) electrons. The van der Waals surface area contributed by atoms with Gasteiger partial charge in [0.1, 0.15) is 18.1 Å². The van der Waals surface area contributed by atoms with Crippen LogP contribution in [0, 0.1) is 5.41 Å². The fourth-order valence-corrected chi connectivity index (χ4v) is 4.63. The van der Waals surface area contributed by atoms with E-state index in [1.165, 1.54) is 0 Å². The second-order valence-electron chi connectivity index (χ2n) is 8.15. The number of ether oxygens (including phenoxy) is 1. The summed E-state index contributed by atoms with van der Waals surface area (Å²) in [6, 6.07) is 15.2. The lowest BCUT2D eigenvalue weighted by atomic mass is 9.71. The Morgan fingerprint density at radius 2 is 1.97 bits per heavy atom. The van der Waals surface area contributed by atoms with E-state index in [0.29, 0.717) is 18.8 Å². The molecule has 0 bridgehead atoms. The molecule has 29 heavy (non-hydrogen) atoms. The molecule has 1 aromatic heterocycles. The normalized spacial score (nSPS) is 25.1. The molecule has 6 heteroatoms. The van der Waals surface area contributed by atoms with Crippen molar-refractivity contribution in [2.24, 2.45) is 5.41 Å². The van der Waals surface area contributed by atoms with Crippen LogP contribution in [0.2, 0.25) is 0 Å². The Kier molecular flexibility index (Phi) is 6.11. The summed E-state index contributed by atoms with van der Waals surface area (Å²) < 4.78 is 5.85. The van der Waals surface area contributed by atoms with Crippen LogP contribution in [0.15, 0.2) is 54.7 Å². The highest BCUT2D eigenvalue weighted by Gasteiger charge is 2.46. The molecule has 2 aromatic rings. The predicted octanol–water partition coefficient (Wildman–Crippen LogP) is 2.45. The molecule has 2 saturated heterocycles. The summed E-state index contributed by atoms with van der Waals surface area (Å²) in [4.78, 5) is 21.3. The van der Waals surface area contributed by atoms with Crippen LogP contribution in [0.5, 0.6) is 5.75 Å². The van der Waals surface area contributed by atoms with Gasteiger partial charge in [0.25, 0.3) is 5.91 Å². The predicted molar refractivity (Wildman–Crippen MR) is 111 cm³/mol. The summed E-state index contributed by atoms with van der Waals surface area (Å²) in [5.41, 5.74) is 0.205. The van der Waals surface area contributed by atoms with Crippen LogP contribution in [-0.2, 0) is 0 Å². The first-order chi connectivity index (χ1) is 14.2. The summed E-state index contributed by atoms with van der Waals surface area (Å²) in [6.45, 7) is 4.39. The second-order valence-corrected chi connectivity index (χ2v) is 8.15.